The second-order valence-electron chi connectivity index (χ2n) is 6.96. The summed E-state index contributed by atoms with van der Waals surface area (Å²) in [5, 5.41) is 0. The second kappa shape index (κ2) is 3.11. The summed E-state index contributed by atoms with van der Waals surface area (Å²) in [6.07, 6.45) is 7.95. The zero-order valence-electron chi connectivity index (χ0n) is 10.4. The van der Waals surface area contributed by atoms with Gasteiger partial charge in [-0.05, 0) is 36.5 Å². The zero-order chi connectivity index (χ0) is 12.5. The van der Waals surface area contributed by atoms with Crippen molar-refractivity contribution in [2.24, 2.45) is 16.2 Å². The third-order valence-electron chi connectivity index (χ3n) is 5.05. The van der Waals surface area contributed by atoms with E-state index in [0.717, 1.165) is 25.7 Å². The van der Waals surface area contributed by atoms with Crippen molar-refractivity contribution in [1.82, 2.24) is 0 Å². The van der Waals surface area contributed by atoms with Crippen LogP contribution in [0.1, 0.15) is 39.5 Å². The van der Waals surface area contributed by atoms with Crippen molar-refractivity contribution in [3.05, 3.63) is 12.2 Å². The molecule has 0 unspecified atom stereocenters. The maximum absolute atomic E-state index is 12.2. The van der Waals surface area contributed by atoms with Crippen LogP contribution in [0.25, 0.3) is 0 Å². The van der Waals surface area contributed by atoms with Gasteiger partial charge in [-0.2, -0.15) is 0 Å². The van der Waals surface area contributed by atoms with Crippen molar-refractivity contribution in [3.8, 4) is 0 Å². The lowest BCUT2D eigenvalue weighted by Gasteiger charge is -2.42. The molecule has 17 heavy (non-hydrogen) atoms. The van der Waals surface area contributed by atoms with Crippen LogP contribution < -0.4 is 0 Å². The molecule has 1 saturated heterocycles. The van der Waals surface area contributed by atoms with Crippen LogP contribution in [0.5, 0.6) is 0 Å². The maximum Gasteiger partial charge on any atom is 0.168 e. The van der Waals surface area contributed by atoms with Gasteiger partial charge in [0.2, 0.25) is 0 Å². The van der Waals surface area contributed by atoms with Crippen LogP contribution in [0.15, 0.2) is 12.2 Å². The highest BCUT2D eigenvalue weighted by molar-refractivity contribution is 7.93. The lowest BCUT2D eigenvalue weighted by molar-refractivity contribution is 0.122. The van der Waals surface area contributed by atoms with Crippen LogP contribution in [0.2, 0.25) is 0 Å². The van der Waals surface area contributed by atoms with Gasteiger partial charge >= 0.3 is 0 Å². The number of halogens is 1. The summed E-state index contributed by atoms with van der Waals surface area (Å²) in [5.74, 6) is 0.294. The van der Waals surface area contributed by atoms with E-state index in [1.807, 2.05) is 0 Å². The Kier molecular flexibility index (Phi) is 2.20. The summed E-state index contributed by atoms with van der Waals surface area (Å²) in [5.41, 5.74) is -0.0722. The Morgan fingerprint density at radius 1 is 1.18 bits per heavy atom. The molecule has 0 spiro atoms. The molecule has 1 aliphatic heterocycles. The molecule has 0 aromatic carbocycles. The molecular weight excluding hydrogens is 256 g/mol. The minimum Gasteiger partial charge on any atom is -0.227 e. The number of alkyl halides is 1. The van der Waals surface area contributed by atoms with Gasteiger partial charge in [0.15, 0.2) is 9.84 Å². The Labute approximate surface area is 108 Å². The normalized spacial score (nSPS) is 49.9. The van der Waals surface area contributed by atoms with Gasteiger partial charge in [-0.25, -0.2) is 8.42 Å². The summed E-state index contributed by atoms with van der Waals surface area (Å²) in [6, 6.07) is 0. The molecule has 96 valence electrons. The molecule has 0 amide bonds. The molecule has 4 heteroatoms. The monoisotopic (exact) mass is 274 g/mol. The van der Waals surface area contributed by atoms with Crippen LogP contribution >= 0.6 is 11.6 Å². The average molecular weight is 275 g/mol. The van der Waals surface area contributed by atoms with Crippen LogP contribution in [-0.4, -0.2) is 18.9 Å². The van der Waals surface area contributed by atoms with Crippen molar-refractivity contribution < 1.29 is 8.42 Å². The molecule has 0 aromatic rings. The fourth-order valence-electron chi connectivity index (χ4n) is 4.83. The maximum atomic E-state index is 12.2. The van der Waals surface area contributed by atoms with Crippen LogP contribution in [0.4, 0.5) is 0 Å². The molecule has 3 aliphatic rings. The van der Waals surface area contributed by atoms with Gasteiger partial charge in [0.25, 0.3) is 0 Å². The fourth-order valence-corrected chi connectivity index (χ4v) is 7.96. The Bertz CT molecular complexity index is 494. The quantitative estimate of drug-likeness (QED) is 0.502. The van der Waals surface area contributed by atoms with Crippen molar-refractivity contribution in [1.29, 1.82) is 0 Å². The van der Waals surface area contributed by atoms with E-state index in [0.29, 0.717) is 5.75 Å². The number of rotatable bonds is 0. The SMILES string of the molecule is CC1(C)C[C@]23CC=CC[C@]2(C1)[C@H](Cl)S(=O)(=O)C3. The van der Waals surface area contributed by atoms with E-state index in [4.69, 9.17) is 11.6 Å². The molecule has 0 N–H and O–H groups in total. The van der Waals surface area contributed by atoms with Crippen LogP contribution in [0, 0.1) is 16.2 Å². The number of hydrogen-bond acceptors (Lipinski definition) is 2. The number of hydrogen-bond donors (Lipinski definition) is 0. The van der Waals surface area contributed by atoms with Gasteiger partial charge in [-0.15, -0.1) is 11.6 Å². The molecule has 2 nitrogen and oxygen atoms in total. The third kappa shape index (κ3) is 1.36. The Morgan fingerprint density at radius 3 is 2.47 bits per heavy atom. The highest BCUT2D eigenvalue weighted by Gasteiger charge is 2.71. The molecule has 1 saturated carbocycles. The van der Waals surface area contributed by atoms with E-state index in [9.17, 15) is 8.42 Å². The smallest absolute Gasteiger partial charge is 0.168 e. The van der Waals surface area contributed by atoms with Crippen molar-refractivity contribution in [3.63, 3.8) is 0 Å². The predicted octanol–water partition coefficient (Wildman–Crippen LogP) is 3.12. The van der Waals surface area contributed by atoms with Gasteiger partial charge < -0.3 is 0 Å². The molecule has 3 atom stereocenters. The van der Waals surface area contributed by atoms with Gasteiger partial charge in [-0.1, -0.05) is 26.0 Å². The summed E-state index contributed by atoms with van der Waals surface area (Å²) >= 11 is 6.37. The summed E-state index contributed by atoms with van der Waals surface area (Å²) in [7, 11) is -3.11. The van der Waals surface area contributed by atoms with Crippen molar-refractivity contribution >= 4 is 21.4 Å². The number of sulfone groups is 1. The summed E-state index contributed by atoms with van der Waals surface area (Å²) < 4.78 is 23.7. The van der Waals surface area contributed by atoms with E-state index in [1.54, 1.807) is 0 Å². The summed E-state index contributed by atoms with van der Waals surface area (Å²) in [6.45, 7) is 4.49. The Hall–Kier alpha value is -0.0200. The first-order valence-corrected chi connectivity index (χ1v) is 8.39. The minimum absolute atomic E-state index is 0.0868. The molecule has 0 radical (unpaired) electrons. The van der Waals surface area contributed by atoms with Gasteiger partial charge in [0.1, 0.15) is 4.71 Å². The Morgan fingerprint density at radius 2 is 1.82 bits per heavy atom. The van der Waals surface area contributed by atoms with E-state index in [1.165, 1.54) is 0 Å². The molecule has 3 rings (SSSR count). The second-order valence-corrected chi connectivity index (χ2v) is 9.74. The average Bonchev–Trinajstić information content (AvgIpc) is 2.50. The molecular formula is C13H19ClO2S. The highest BCUT2D eigenvalue weighted by atomic mass is 35.5. The summed E-state index contributed by atoms with van der Waals surface area (Å²) in [4.78, 5) is 0. The van der Waals surface area contributed by atoms with Crippen molar-refractivity contribution in [2.45, 2.75) is 44.2 Å². The van der Waals surface area contributed by atoms with E-state index in [2.05, 4.69) is 26.0 Å². The Balaban J connectivity index is 2.19. The molecule has 2 fully saturated rings. The first-order chi connectivity index (χ1) is 7.73. The zero-order valence-corrected chi connectivity index (χ0v) is 11.9. The van der Waals surface area contributed by atoms with E-state index >= 15 is 0 Å². The van der Waals surface area contributed by atoms with E-state index in [-0.39, 0.29) is 16.2 Å². The van der Waals surface area contributed by atoms with E-state index < -0.39 is 14.5 Å². The van der Waals surface area contributed by atoms with Gasteiger partial charge in [0, 0.05) is 5.41 Å². The largest absolute Gasteiger partial charge is 0.227 e. The molecule has 2 aliphatic carbocycles. The molecule has 0 bridgehead atoms. The number of allylic oxidation sites excluding steroid dienone is 2. The standard InChI is InChI=1S/C13H19ClO2S/c1-11(2)7-12-5-3-4-6-13(12,8-11)10(14)17(15,16)9-12/h3-4,10H,5-9H2,1-2H3/t10-,12+,13+/m1/s1. The lowest BCUT2D eigenvalue weighted by atomic mass is 9.62. The first kappa shape index (κ1) is 12.0. The highest BCUT2D eigenvalue weighted by Crippen LogP contribution is 2.72. The van der Waals surface area contributed by atoms with Gasteiger partial charge in [-0.3, -0.25) is 0 Å². The predicted molar refractivity (Wildman–Crippen MR) is 69.7 cm³/mol. The first-order valence-electron chi connectivity index (χ1n) is 6.24. The van der Waals surface area contributed by atoms with Gasteiger partial charge in [0.05, 0.1) is 5.75 Å². The lowest BCUT2D eigenvalue weighted by Crippen LogP contribution is -2.40. The topological polar surface area (TPSA) is 34.1 Å². The van der Waals surface area contributed by atoms with Crippen molar-refractivity contribution in [2.75, 3.05) is 5.75 Å². The molecule has 0 aromatic heterocycles. The fraction of sp³-hybridized carbons (Fsp3) is 0.846. The molecule has 1 heterocycles. The van der Waals surface area contributed by atoms with Crippen LogP contribution in [-0.2, 0) is 9.84 Å². The minimum atomic E-state index is -3.11. The van der Waals surface area contributed by atoms with Crippen LogP contribution in [0.3, 0.4) is 0 Å². The third-order valence-corrected chi connectivity index (χ3v) is 8.32.